The number of nitrogens with one attached hydrogen (secondary N) is 2. The third-order valence-corrected chi connectivity index (χ3v) is 7.92. The maximum atomic E-state index is 12.3. The van der Waals surface area contributed by atoms with Gasteiger partial charge in [0.05, 0.1) is 31.0 Å². The number of thioether (sulfide) groups is 1. The normalized spacial score (nSPS) is 20.0. The van der Waals surface area contributed by atoms with E-state index in [2.05, 4.69) is 10.6 Å². The number of carboxylic acids is 1. The molecule has 0 bridgehead atoms. The predicted molar refractivity (Wildman–Crippen MR) is 157 cm³/mol. The summed E-state index contributed by atoms with van der Waals surface area (Å²) in [6.07, 6.45) is -1.46. The van der Waals surface area contributed by atoms with Crippen LogP contribution in [0.4, 0.5) is 10.5 Å². The molecule has 11 heteroatoms. The van der Waals surface area contributed by atoms with Crippen molar-refractivity contribution < 1.29 is 38.8 Å². The molecular formula is C31H34N2O8S. The van der Waals surface area contributed by atoms with Gasteiger partial charge in [-0.25, -0.2) is 9.59 Å². The van der Waals surface area contributed by atoms with E-state index >= 15 is 0 Å². The standard InChI is InChI=1S/C31H34N2O8S/c1-3-39-27(35)16-32-31(38)33-23-8-6-7-22(15-23)30-40-25(18-42-26-10-5-4-9-24(26)29(36)37)19(2)28(41-30)21-13-11-20(17-34)12-14-21/h4-15,19,25,28,30,34H,3,16-18H2,1-2H3,(H,36,37)(H2,32,33,38)/t19-,25+,28+,30+/m0/s1. The number of esters is 1. The maximum absolute atomic E-state index is 12.3. The summed E-state index contributed by atoms with van der Waals surface area (Å²) in [7, 11) is 0. The van der Waals surface area contributed by atoms with E-state index in [1.807, 2.05) is 37.3 Å². The van der Waals surface area contributed by atoms with E-state index in [-0.39, 0.29) is 43.4 Å². The minimum atomic E-state index is -0.991. The van der Waals surface area contributed by atoms with Gasteiger partial charge in [-0.15, -0.1) is 11.8 Å². The fraction of sp³-hybridized carbons (Fsp3) is 0.323. The van der Waals surface area contributed by atoms with Gasteiger partial charge in [-0.05, 0) is 42.3 Å². The smallest absolute Gasteiger partial charge is 0.336 e. The fourth-order valence-electron chi connectivity index (χ4n) is 4.55. The number of hydrogen-bond acceptors (Lipinski definition) is 8. The summed E-state index contributed by atoms with van der Waals surface area (Å²) >= 11 is 1.41. The fourth-order valence-corrected chi connectivity index (χ4v) is 5.77. The lowest BCUT2D eigenvalue weighted by Gasteiger charge is -2.41. The van der Waals surface area contributed by atoms with Gasteiger partial charge in [-0.3, -0.25) is 4.79 Å². The zero-order valence-corrected chi connectivity index (χ0v) is 24.1. The molecule has 1 fully saturated rings. The first kappa shape index (κ1) is 31.0. The van der Waals surface area contributed by atoms with Crippen LogP contribution in [0.1, 0.15) is 53.3 Å². The number of ether oxygens (including phenoxy) is 3. The molecular weight excluding hydrogens is 560 g/mol. The molecule has 0 unspecified atom stereocenters. The average molecular weight is 595 g/mol. The second kappa shape index (κ2) is 14.8. The quantitative estimate of drug-likeness (QED) is 0.175. The summed E-state index contributed by atoms with van der Waals surface area (Å²) in [6.45, 7) is 3.62. The number of carbonyl (C=O) groups is 3. The number of hydrogen-bond donors (Lipinski definition) is 4. The molecule has 4 atom stereocenters. The van der Waals surface area contributed by atoms with Crippen molar-refractivity contribution in [3.05, 3.63) is 95.1 Å². The van der Waals surface area contributed by atoms with Gasteiger partial charge in [-0.1, -0.05) is 55.5 Å². The summed E-state index contributed by atoms with van der Waals surface area (Å²) < 4.78 is 17.8. The highest BCUT2D eigenvalue weighted by Crippen LogP contribution is 2.43. The second-order valence-electron chi connectivity index (χ2n) is 9.67. The molecule has 1 saturated heterocycles. The average Bonchev–Trinajstić information content (AvgIpc) is 3.00. The van der Waals surface area contributed by atoms with Crippen LogP contribution < -0.4 is 10.6 Å². The van der Waals surface area contributed by atoms with Crippen molar-refractivity contribution in [2.75, 3.05) is 24.2 Å². The molecule has 42 heavy (non-hydrogen) atoms. The van der Waals surface area contributed by atoms with Gasteiger partial charge >= 0.3 is 18.0 Å². The number of urea groups is 1. The lowest BCUT2D eigenvalue weighted by atomic mass is 9.91. The molecule has 4 rings (SSSR count). The molecule has 0 saturated carbocycles. The number of benzene rings is 3. The Morgan fingerprint density at radius 1 is 0.976 bits per heavy atom. The van der Waals surface area contributed by atoms with E-state index in [4.69, 9.17) is 14.2 Å². The summed E-state index contributed by atoms with van der Waals surface area (Å²) in [5, 5.41) is 24.3. The molecule has 3 aromatic rings. The monoisotopic (exact) mass is 594 g/mol. The minimum Gasteiger partial charge on any atom is -0.478 e. The van der Waals surface area contributed by atoms with Crippen LogP contribution >= 0.6 is 11.8 Å². The van der Waals surface area contributed by atoms with Crippen LogP contribution in [0.3, 0.4) is 0 Å². The second-order valence-corrected chi connectivity index (χ2v) is 10.7. The topological polar surface area (TPSA) is 143 Å². The molecule has 0 spiro atoms. The number of aliphatic hydroxyl groups is 1. The Labute approximate surface area is 248 Å². The van der Waals surface area contributed by atoms with Gasteiger partial charge < -0.3 is 35.1 Å². The van der Waals surface area contributed by atoms with Crippen LogP contribution in [-0.4, -0.2) is 53.2 Å². The Morgan fingerprint density at radius 3 is 2.45 bits per heavy atom. The first-order valence-corrected chi connectivity index (χ1v) is 14.5. The van der Waals surface area contributed by atoms with Crippen LogP contribution in [-0.2, 0) is 25.6 Å². The van der Waals surface area contributed by atoms with Crippen LogP contribution in [0.25, 0.3) is 0 Å². The molecule has 1 aliphatic heterocycles. The highest BCUT2D eigenvalue weighted by atomic mass is 32.2. The van der Waals surface area contributed by atoms with Crippen molar-refractivity contribution in [2.24, 2.45) is 5.92 Å². The van der Waals surface area contributed by atoms with Crippen molar-refractivity contribution in [3.8, 4) is 0 Å². The van der Waals surface area contributed by atoms with E-state index < -0.39 is 24.3 Å². The zero-order chi connectivity index (χ0) is 30.1. The summed E-state index contributed by atoms with van der Waals surface area (Å²) in [6, 6.07) is 20.9. The number of rotatable bonds is 11. The van der Waals surface area contributed by atoms with Gasteiger partial charge in [0.2, 0.25) is 0 Å². The number of carbonyl (C=O) groups excluding carboxylic acids is 2. The minimum absolute atomic E-state index is 0.0670. The maximum Gasteiger partial charge on any atom is 0.336 e. The van der Waals surface area contributed by atoms with Gasteiger partial charge in [-0.2, -0.15) is 0 Å². The van der Waals surface area contributed by atoms with Gasteiger partial charge in [0.1, 0.15) is 6.54 Å². The van der Waals surface area contributed by atoms with Gasteiger partial charge in [0.25, 0.3) is 0 Å². The molecule has 0 radical (unpaired) electrons. The lowest BCUT2D eigenvalue weighted by molar-refractivity contribution is -0.268. The van der Waals surface area contributed by atoms with Crippen molar-refractivity contribution in [2.45, 2.75) is 43.8 Å². The molecule has 1 heterocycles. The highest BCUT2D eigenvalue weighted by Gasteiger charge is 2.38. The predicted octanol–water partition coefficient (Wildman–Crippen LogP) is 5.15. The van der Waals surface area contributed by atoms with Crippen molar-refractivity contribution in [3.63, 3.8) is 0 Å². The Balaban J connectivity index is 1.54. The number of anilines is 1. The molecule has 1 aliphatic rings. The van der Waals surface area contributed by atoms with Crippen molar-refractivity contribution >= 4 is 35.4 Å². The van der Waals surface area contributed by atoms with Crippen LogP contribution in [0.5, 0.6) is 0 Å². The van der Waals surface area contributed by atoms with Crippen molar-refractivity contribution in [1.29, 1.82) is 0 Å². The summed E-state index contributed by atoms with van der Waals surface area (Å²) in [5.74, 6) is -1.15. The highest BCUT2D eigenvalue weighted by molar-refractivity contribution is 7.99. The first-order chi connectivity index (χ1) is 20.3. The third-order valence-electron chi connectivity index (χ3n) is 6.76. The number of amides is 2. The molecule has 2 amide bonds. The lowest BCUT2D eigenvalue weighted by Crippen LogP contribution is -2.38. The van der Waals surface area contributed by atoms with E-state index in [0.717, 1.165) is 11.1 Å². The molecule has 3 aromatic carbocycles. The van der Waals surface area contributed by atoms with Crippen LogP contribution in [0, 0.1) is 5.92 Å². The van der Waals surface area contributed by atoms with Gasteiger partial charge in [0.15, 0.2) is 6.29 Å². The largest absolute Gasteiger partial charge is 0.478 e. The van der Waals surface area contributed by atoms with E-state index in [1.54, 1.807) is 49.4 Å². The van der Waals surface area contributed by atoms with Crippen LogP contribution in [0.2, 0.25) is 0 Å². The Bertz CT molecular complexity index is 1380. The number of carboxylic acid groups (broad SMARTS) is 1. The molecule has 0 aliphatic carbocycles. The SMILES string of the molecule is CCOC(=O)CNC(=O)Nc1cccc([C@@H]2O[C@H](CSc3ccccc3C(=O)O)[C@H](C)[C@H](c3ccc(CO)cc3)O2)c1. The third kappa shape index (κ3) is 8.10. The Hall–Kier alpha value is -3.90. The summed E-state index contributed by atoms with van der Waals surface area (Å²) in [5.41, 5.74) is 3.08. The Morgan fingerprint density at radius 2 is 1.74 bits per heavy atom. The molecule has 222 valence electrons. The van der Waals surface area contributed by atoms with Gasteiger partial charge in [0, 0.05) is 27.8 Å². The van der Waals surface area contributed by atoms with Crippen molar-refractivity contribution in [1.82, 2.24) is 5.32 Å². The number of aromatic carboxylic acids is 1. The summed E-state index contributed by atoms with van der Waals surface area (Å²) in [4.78, 5) is 36.3. The number of aliphatic hydroxyl groups excluding tert-OH is 1. The first-order valence-electron chi connectivity index (χ1n) is 13.5. The molecule has 10 nitrogen and oxygen atoms in total. The zero-order valence-electron chi connectivity index (χ0n) is 23.3. The molecule has 0 aromatic heterocycles. The van der Waals surface area contributed by atoms with E-state index in [0.29, 0.717) is 21.9 Å². The van der Waals surface area contributed by atoms with E-state index in [1.165, 1.54) is 11.8 Å². The Kier molecular flexibility index (Phi) is 11.0. The van der Waals surface area contributed by atoms with E-state index in [9.17, 15) is 24.6 Å². The van der Waals surface area contributed by atoms with Crippen LogP contribution in [0.15, 0.2) is 77.7 Å². The molecule has 4 N–H and O–H groups in total.